The van der Waals surface area contributed by atoms with Crippen molar-refractivity contribution in [3.8, 4) is 0 Å². The summed E-state index contributed by atoms with van der Waals surface area (Å²) in [5, 5.41) is 2.68. The van der Waals surface area contributed by atoms with Gasteiger partial charge in [-0.3, -0.25) is 4.79 Å². The molecule has 2 aromatic rings. The zero-order chi connectivity index (χ0) is 13.3. The fourth-order valence-electron chi connectivity index (χ4n) is 1.55. The van der Waals surface area contributed by atoms with Gasteiger partial charge in [0, 0.05) is 11.4 Å². The monoisotopic (exact) mass is 302 g/mol. The summed E-state index contributed by atoms with van der Waals surface area (Å²) < 4.78 is 13.1. The minimum Gasteiger partial charge on any atom is -0.293 e. The highest BCUT2D eigenvalue weighted by Gasteiger charge is 2.16. The number of benzene rings is 1. The van der Waals surface area contributed by atoms with E-state index in [1.807, 2.05) is 12.3 Å². The lowest BCUT2D eigenvalue weighted by Gasteiger charge is -2.03. The summed E-state index contributed by atoms with van der Waals surface area (Å²) >= 11 is 13.2. The molecule has 0 radical (unpaired) electrons. The number of carbonyl (C=O) groups excluding carboxylic acids is 1. The number of carbonyl (C=O) groups is 1. The van der Waals surface area contributed by atoms with Crippen molar-refractivity contribution in [3.05, 3.63) is 55.4 Å². The molecule has 0 fully saturated rings. The number of rotatable bonds is 3. The van der Waals surface area contributed by atoms with E-state index < -0.39 is 5.82 Å². The minimum atomic E-state index is -0.407. The molecule has 1 aromatic heterocycles. The van der Waals surface area contributed by atoms with Gasteiger partial charge in [-0.2, -0.15) is 0 Å². The molecule has 18 heavy (non-hydrogen) atoms. The van der Waals surface area contributed by atoms with Crippen LogP contribution < -0.4 is 0 Å². The molecule has 0 spiro atoms. The Morgan fingerprint density at radius 3 is 2.72 bits per heavy atom. The van der Waals surface area contributed by atoms with Crippen LogP contribution in [0.25, 0.3) is 0 Å². The van der Waals surface area contributed by atoms with Crippen LogP contribution in [0.3, 0.4) is 0 Å². The van der Waals surface area contributed by atoms with Crippen LogP contribution in [-0.2, 0) is 6.42 Å². The molecule has 0 aliphatic heterocycles. The van der Waals surface area contributed by atoms with Crippen LogP contribution in [0, 0.1) is 12.7 Å². The van der Waals surface area contributed by atoms with Gasteiger partial charge < -0.3 is 0 Å². The van der Waals surface area contributed by atoms with Crippen molar-refractivity contribution < 1.29 is 9.18 Å². The first-order valence-corrected chi connectivity index (χ1v) is 6.83. The number of Topliss-reactive ketones (excluding diaryl/α,β-unsaturated/α-hetero) is 1. The summed E-state index contributed by atoms with van der Waals surface area (Å²) in [5.41, 5.74) is 1.35. The van der Waals surface area contributed by atoms with Crippen LogP contribution in [0.1, 0.15) is 20.8 Å². The van der Waals surface area contributed by atoms with E-state index in [1.165, 1.54) is 29.5 Å². The van der Waals surface area contributed by atoms with Gasteiger partial charge >= 0.3 is 0 Å². The maximum absolute atomic E-state index is 13.1. The van der Waals surface area contributed by atoms with Gasteiger partial charge in [-0.25, -0.2) is 4.39 Å². The number of aryl methyl sites for hydroxylation is 1. The third kappa shape index (κ3) is 2.74. The number of ketones is 1. The SMILES string of the molecule is Cc1csc(C(=O)Cc2cc(F)ccc2Cl)c1Cl. The second-order valence-corrected chi connectivity index (χ2v) is 5.56. The maximum atomic E-state index is 13.1. The van der Waals surface area contributed by atoms with Crippen LogP contribution in [0.2, 0.25) is 10.0 Å². The molecule has 1 nitrogen and oxygen atoms in total. The fraction of sp³-hybridized carbons (Fsp3) is 0.154. The van der Waals surface area contributed by atoms with Gasteiger partial charge in [0.05, 0.1) is 9.90 Å². The molecular formula is C13H9Cl2FOS. The molecule has 0 saturated carbocycles. The normalized spacial score (nSPS) is 10.7. The highest BCUT2D eigenvalue weighted by molar-refractivity contribution is 7.13. The molecule has 2 rings (SSSR count). The molecule has 5 heteroatoms. The summed E-state index contributed by atoms with van der Waals surface area (Å²) in [6.45, 7) is 1.84. The number of halogens is 3. The van der Waals surface area contributed by atoms with Crippen LogP contribution in [0.15, 0.2) is 23.6 Å². The first-order valence-electron chi connectivity index (χ1n) is 5.19. The highest BCUT2D eigenvalue weighted by Crippen LogP contribution is 2.29. The molecule has 0 amide bonds. The van der Waals surface area contributed by atoms with Gasteiger partial charge in [0.2, 0.25) is 0 Å². The van der Waals surface area contributed by atoms with Crippen LogP contribution in [0.4, 0.5) is 4.39 Å². The second-order valence-electron chi connectivity index (χ2n) is 3.90. The van der Waals surface area contributed by atoms with Gasteiger partial charge in [0.15, 0.2) is 5.78 Å². The third-order valence-electron chi connectivity index (χ3n) is 2.51. The Kier molecular flexibility index (Phi) is 4.05. The molecule has 0 unspecified atom stereocenters. The molecule has 0 aliphatic rings. The highest BCUT2D eigenvalue weighted by atomic mass is 35.5. The van der Waals surface area contributed by atoms with Crippen LogP contribution in [0.5, 0.6) is 0 Å². The van der Waals surface area contributed by atoms with E-state index in [2.05, 4.69) is 0 Å². The molecule has 0 aliphatic carbocycles. The topological polar surface area (TPSA) is 17.1 Å². The molecule has 0 saturated heterocycles. The quantitative estimate of drug-likeness (QED) is 0.735. The van der Waals surface area contributed by atoms with Crippen LogP contribution in [-0.4, -0.2) is 5.78 Å². The lowest BCUT2D eigenvalue weighted by atomic mass is 10.1. The number of thiophene rings is 1. The Morgan fingerprint density at radius 1 is 1.39 bits per heavy atom. The Hall–Kier alpha value is -0.900. The van der Waals surface area contributed by atoms with Gasteiger partial charge in [0.25, 0.3) is 0 Å². The van der Waals surface area contributed by atoms with E-state index >= 15 is 0 Å². The van der Waals surface area contributed by atoms with E-state index in [0.29, 0.717) is 20.5 Å². The minimum absolute atomic E-state index is 0.0519. The average molecular weight is 303 g/mol. The van der Waals surface area contributed by atoms with Gasteiger partial charge in [-0.05, 0) is 41.6 Å². The molecule has 1 heterocycles. The maximum Gasteiger partial charge on any atom is 0.178 e. The first kappa shape index (κ1) is 13.5. The van der Waals surface area contributed by atoms with E-state index in [0.717, 1.165) is 5.56 Å². The van der Waals surface area contributed by atoms with Crippen molar-refractivity contribution in [2.45, 2.75) is 13.3 Å². The average Bonchev–Trinajstić information content (AvgIpc) is 2.65. The first-order chi connectivity index (χ1) is 8.49. The summed E-state index contributed by atoms with van der Waals surface area (Å²) in [5.74, 6) is -0.554. The number of hydrogen-bond donors (Lipinski definition) is 0. The zero-order valence-electron chi connectivity index (χ0n) is 9.47. The summed E-state index contributed by atoms with van der Waals surface area (Å²) in [6.07, 6.45) is 0.0519. The fourth-order valence-corrected chi connectivity index (χ4v) is 2.97. The largest absolute Gasteiger partial charge is 0.293 e. The summed E-state index contributed by atoms with van der Waals surface area (Å²) in [4.78, 5) is 12.6. The van der Waals surface area contributed by atoms with Crippen molar-refractivity contribution in [2.24, 2.45) is 0 Å². The van der Waals surface area contributed by atoms with E-state index in [4.69, 9.17) is 23.2 Å². The van der Waals surface area contributed by atoms with E-state index in [1.54, 1.807) is 0 Å². The Bertz CT molecular complexity index is 607. The molecule has 1 aromatic carbocycles. The van der Waals surface area contributed by atoms with Crippen molar-refractivity contribution in [1.29, 1.82) is 0 Å². The predicted molar refractivity (Wildman–Crippen MR) is 73.5 cm³/mol. The van der Waals surface area contributed by atoms with Crippen molar-refractivity contribution in [1.82, 2.24) is 0 Å². The standard InChI is InChI=1S/C13H9Cl2FOS/c1-7-6-18-13(12(7)15)11(17)5-8-4-9(16)2-3-10(8)14/h2-4,6H,5H2,1H3. The van der Waals surface area contributed by atoms with Crippen molar-refractivity contribution in [3.63, 3.8) is 0 Å². The lowest BCUT2D eigenvalue weighted by molar-refractivity contribution is 0.0997. The summed E-state index contributed by atoms with van der Waals surface area (Å²) in [7, 11) is 0. The molecule has 94 valence electrons. The summed E-state index contributed by atoms with van der Waals surface area (Å²) in [6, 6.07) is 3.98. The predicted octanol–water partition coefficient (Wildman–Crippen LogP) is 4.93. The molecule has 0 bridgehead atoms. The van der Waals surface area contributed by atoms with Crippen LogP contribution >= 0.6 is 34.5 Å². The zero-order valence-corrected chi connectivity index (χ0v) is 11.8. The number of hydrogen-bond acceptors (Lipinski definition) is 2. The Morgan fingerprint density at radius 2 is 2.11 bits per heavy atom. The van der Waals surface area contributed by atoms with E-state index in [-0.39, 0.29) is 12.2 Å². The smallest absolute Gasteiger partial charge is 0.178 e. The Labute approximate surface area is 118 Å². The molecule has 0 atom stereocenters. The third-order valence-corrected chi connectivity index (χ3v) is 4.62. The van der Waals surface area contributed by atoms with E-state index in [9.17, 15) is 9.18 Å². The molecule has 0 N–H and O–H groups in total. The second kappa shape index (κ2) is 5.39. The van der Waals surface area contributed by atoms with Gasteiger partial charge in [-0.15, -0.1) is 11.3 Å². The van der Waals surface area contributed by atoms with Gasteiger partial charge in [-0.1, -0.05) is 23.2 Å². The molecular weight excluding hydrogens is 294 g/mol. The van der Waals surface area contributed by atoms with Crippen molar-refractivity contribution in [2.75, 3.05) is 0 Å². The lowest BCUT2D eigenvalue weighted by Crippen LogP contribution is -2.03. The van der Waals surface area contributed by atoms with Gasteiger partial charge in [0.1, 0.15) is 5.82 Å². The van der Waals surface area contributed by atoms with Crippen molar-refractivity contribution >= 4 is 40.3 Å². The Balaban J connectivity index is 2.27.